The van der Waals surface area contributed by atoms with Crippen molar-refractivity contribution in [3.63, 3.8) is 0 Å². The summed E-state index contributed by atoms with van der Waals surface area (Å²) in [6, 6.07) is 6.28. The lowest BCUT2D eigenvalue weighted by Gasteiger charge is -2.15. The molecule has 3 rings (SSSR count). The van der Waals surface area contributed by atoms with Crippen molar-refractivity contribution in [1.29, 1.82) is 0 Å². The maximum Gasteiger partial charge on any atom is 0.294 e. The summed E-state index contributed by atoms with van der Waals surface area (Å²) in [5.41, 5.74) is 0.709. The fraction of sp³-hybridized carbons (Fsp3) is 0.312. The highest BCUT2D eigenvalue weighted by Gasteiger charge is 2.37. The van der Waals surface area contributed by atoms with Crippen LogP contribution >= 0.6 is 23.4 Å². The highest BCUT2D eigenvalue weighted by molar-refractivity contribution is 8.18. The molecule has 0 aliphatic carbocycles. The Bertz CT molecular complexity index is 896. The molecule has 1 aromatic carbocycles. The zero-order chi connectivity index (χ0) is 18.9. The van der Waals surface area contributed by atoms with Gasteiger partial charge in [-0.1, -0.05) is 23.7 Å². The molecule has 1 atom stereocenters. The molecule has 0 bridgehead atoms. The van der Waals surface area contributed by atoms with Crippen LogP contribution in [0.15, 0.2) is 29.2 Å². The number of carbonyl (C=O) groups is 3. The summed E-state index contributed by atoms with van der Waals surface area (Å²) in [5, 5.41) is 2.58. The smallest absolute Gasteiger partial charge is 0.294 e. The van der Waals surface area contributed by atoms with E-state index in [0.29, 0.717) is 17.0 Å². The Balaban J connectivity index is 1.63. The molecule has 7 nitrogen and oxygen atoms in total. The van der Waals surface area contributed by atoms with Gasteiger partial charge in [-0.2, -0.15) is 0 Å². The number of hydrogen-bond donors (Lipinski definition) is 1. The van der Waals surface area contributed by atoms with Crippen molar-refractivity contribution in [3.8, 4) is 0 Å². The molecule has 0 radical (unpaired) electrons. The normalized spacial score (nSPS) is 23.7. The number of amides is 3. The van der Waals surface area contributed by atoms with Crippen LogP contribution in [0.5, 0.6) is 0 Å². The number of rotatable bonds is 4. The molecule has 2 aliphatic rings. The molecule has 2 fully saturated rings. The Kier molecular flexibility index (Phi) is 5.40. The summed E-state index contributed by atoms with van der Waals surface area (Å²) >= 11 is 6.57. The molecule has 10 heteroatoms. The Morgan fingerprint density at radius 2 is 2.00 bits per heavy atom. The SMILES string of the molecule is O=C(CN1C(=O)SC(=Cc2ccc(Cl)cc2)C1=O)NC1CCS(=O)(=O)C1. The number of nitrogens with one attached hydrogen (secondary N) is 1. The average molecular weight is 415 g/mol. The number of imide groups is 1. The molecule has 138 valence electrons. The molecular formula is C16H15ClN2O5S2. The van der Waals surface area contributed by atoms with Crippen molar-refractivity contribution in [3.05, 3.63) is 39.8 Å². The number of hydrogen-bond acceptors (Lipinski definition) is 6. The first-order chi connectivity index (χ1) is 12.2. The van der Waals surface area contributed by atoms with Gasteiger partial charge in [0, 0.05) is 11.1 Å². The Morgan fingerprint density at radius 3 is 2.62 bits per heavy atom. The van der Waals surface area contributed by atoms with Crippen LogP contribution in [-0.4, -0.2) is 54.5 Å². The fourth-order valence-electron chi connectivity index (χ4n) is 2.67. The summed E-state index contributed by atoms with van der Waals surface area (Å²) < 4.78 is 22.8. The lowest BCUT2D eigenvalue weighted by Crippen LogP contribution is -2.43. The molecule has 0 aromatic heterocycles. The Labute approximate surface area is 159 Å². The van der Waals surface area contributed by atoms with Gasteiger partial charge in [0.1, 0.15) is 6.54 Å². The molecule has 1 unspecified atom stereocenters. The first-order valence-corrected chi connectivity index (χ1v) is 10.8. The molecule has 0 spiro atoms. The van der Waals surface area contributed by atoms with E-state index in [1.54, 1.807) is 30.3 Å². The van der Waals surface area contributed by atoms with Crippen LogP contribution in [-0.2, 0) is 19.4 Å². The van der Waals surface area contributed by atoms with Crippen molar-refractivity contribution >= 4 is 56.3 Å². The average Bonchev–Trinajstić information content (AvgIpc) is 3.03. The first-order valence-electron chi connectivity index (χ1n) is 7.74. The predicted molar refractivity (Wildman–Crippen MR) is 99.3 cm³/mol. The lowest BCUT2D eigenvalue weighted by atomic mass is 10.2. The number of benzene rings is 1. The second-order valence-corrected chi connectivity index (χ2v) is 9.65. The topological polar surface area (TPSA) is 101 Å². The van der Waals surface area contributed by atoms with Gasteiger partial charge in [0.25, 0.3) is 11.1 Å². The zero-order valence-electron chi connectivity index (χ0n) is 13.5. The second kappa shape index (κ2) is 7.42. The summed E-state index contributed by atoms with van der Waals surface area (Å²) in [6.07, 6.45) is 1.90. The summed E-state index contributed by atoms with van der Waals surface area (Å²) in [4.78, 5) is 37.6. The van der Waals surface area contributed by atoms with E-state index in [4.69, 9.17) is 11.6 Å². The third kappa shape index (κ3) is 4.46. The van der Waals surface area contributed by atoms with Gasteiger partial charge in [-0.3, -0.25) is 19.3 Å². The van der Waals surface area contributed by atoms with E-state index in [1.807, 2.05) is 0 Å². The zero-order valence-corrected chi connectivity index (χ0v) is 15.9. The molecule has 1 N–H and O–H groups in total. The number of thioether (sulfide) groups is 1. The third-order valence-electron chi connectivity index (χ3n) is 3.94. The number of nitrogens with zero attached hydrogens (tertiary/aromatic N) is 1. The van der Waals surface area contributed by atoms with Crippen molar-refractivity contribution in [2.75, 3.05) is 18.1 Å². The minimum absolute atomic E-state index is 0.0311. The number of sulfone groups is 1. The van der Waals surface area contributed by atoms with Crippen LogP contribution in [0, 0.1) is 0 Å². The van der Waals surface area contributed by atoms with Gasteiger partial charge in [-0.15, -0.1) is 0 Å². The van der Waals surface area contributed by atoms with E-state index in [2.05, 4.69) is 5.32 Å². The molecule has 26 heavy (non-hydrogen) atoms. The summed E-state index contributed by atoms with van der Waals surface area (Å²) in [6.45, 7) is -0.431. The van der Waals surface area contributed by atoms with Crippen molar-refractivity contribution in [1.82, 2.24) is 10.2 Å². The third-order valence-corrected chi connectivity index (χ3v) is 6.87. The summed E-state index contributed by atoms with van der Waals surface area (Å²) in [5.74, 6) is -1.19. The molecule has 2 saturated heterocycles. The standard InChI is InChI=1S/C16H15ClN2O5S2/c17-11-3-1-10(2-4-11)7-13-15(21)19(16(22)25-13)8-14(20)18-12-5-6-26(23,24)9-12/h1-4,7,12H,5-6,8-9H2,(H,18,20). The van der Waals surface area contributed by atoms with Crippen molar-refractivity contribution in [2.45, 2.75) is 12.5 Å². The van der Waals surface area contributed by atoms with E-state index >= 15 is 0 Å². The van der Waals surface area contributed by atoms with Gasteiger partial charge in [0.15, 0.2) is 9.84 Å². The van der Waals surface area contributed by atoms with E-state index in [1.165, 1.54) is 0 Å². The molecule has 1 aromatic rings. The van der Waals surface area contributed by atoms with Gasteiger partial charge >= 0.3 is 0 Å². The second-order valence-electron chi connectivity index (χ2n) is 5.99. The maximum atomic E-state index is 12.4. The van der Waals surface area contributed by atoms with Gasteiger partial charge in [0.05, 0.1) is 16.4 Å². The minimum Gasteiger partial charge on any atom is -0.351 e. The highest BCUT2D eigenvalue weighted by Crippen LogP contribution is 2.32. The fourth-order valence-corrected chi connectivity index (χ4v) is 5.31. The summed E-state index contributed by atoms with van der Waals surface area (Å²) in [7, 11) is -3.12. The van der Waals surface area contributed by atoms with Gasteiger partial charge < -0.3 is 5.32 Å². The van der Waals surface area contributed by atoms with Gasteiger partial charge in [-0.05, 0) is 42.0 Å². The van der Waals surface area contributed by atoms with E-state index in [9.17, 15) is 22.8 Å². The molecule has 2 aliphatic heterocycles. The largest absolute Gasteiger partial charge is 0.351 e. The monoisotopic (exact) mass is 414 g/mol. The van der Waals surface area contributed by atoms with E-state index < -0.39 is 39.5 Å². The maximum absolute atomic E-state index is 12.4. The van der Waals surface area contributed by atoms with E-state index in [0.717, 1.165) is 16.7 Å². The van der Waals surface area contributed by atoms with E-state index in [-0.39, 0.29) is 16.4 Å². The number of halogens is 1. The van der Waals surface area contributed by atoms with Crippen LogP contribution in [0.3, 0.4) is 0 Å². The molecular weight excluding hydrogens is 400 g/mol. The Hall–Kier alpha value is -1.84. The lowest BCUT2D eigenvalue weighted by molar-refractivity contribution is -0.129. The van der Waals surface area contributed by atoms with Crippen LogP contribution < -0.4 is 5.32 Å². The molecule has 2 heterocycles. The van der Waals surface area contributed by atoms with Gasteiger partial charge in [-0.25, -0.2) is 8.42 Å². The van der Waals surface area contributed by atoms with Crippen molar-refractivity contribution in [2.24, 2.45) is 0 Å². The molecule has 3 amide bonds. The minimum atomic E-state index is -3.12. The highest BCUT2D eigenvalue weighted by atomic mass is 35.5. The number of carbonyl (C=O) groups excluding carboxylic acids is 3. The van der Waals surface area contributed by atoms with Gasteiger partial charge in [0.2, 0.25) is 5.91 Å². The van der Waals surface area contributed by atoms with Crippen LogP contribution in [0.4, 0.5) is 4.79 Å². The van der Waals surface area contributed by atoms with Crippen molar-refractivity contribution < 1.29 is 22.8 Å². The first kappa shape index (κ1) is 18.9. The van der Waals surface area contributed by atoms with Crippen LogP contribution in [0.2, 0.25) is 5.02 Å². The van der Waals surface area contributed by atoms with Crippen LogP contribution in [0.25, 0.3) is 6.08 Å². The molecule has 0 saturated carbocycles. The Morgan fingerprint density at radius 1 is 1.31 bits per heavy atom. The van der Waals surface area contributed by atoms with Crippen LogP contribution in [0.1, 0.15) is 12.0 Å². The predicted octanol–water partition coefficient (Wildman–Crippen LogP) is 1.68. The quantitative estimate of drug-likeness (QED) is 0.752.